The van der Waals surface area contributed by atoms with E-state index in [-0.39, 0.29) is 0 Å². The maximum atomic E-state index is 9.83. The van der Waals surface area contributed by atoms with Gasteiger partial charge in [-0.2, -0.15) is 0 Å². The molecule has 1 fully saturated rings. The summed E-state index contributed by atoms with van der Waals surface area (Å²) in [7, 11) is 0. The van der Waals surface area contributed by atoms with E-state index in [0.717, 1.165) is 32.5 Å². The summed E-state index contributed by atoms with van der Waals surface area (Å²) in [4.78, 5) is 3.80. The van der Waals surface area contributed by atoms with Crippen molar-refractivity contribution in [2.45, 2.75) is 31.9 Å². The second-order valence-electron chi connectivity index (χ2n) is 4.50. The molecule has 1 aliphatic rings. The zero-order chi connectivity index (χ0) is 10.9. The van der Waals surface area contributed by atoms with Crippen molar-refractivity contribution in [3.8, 4) is 0 Å². The van der Waals surface area contributed by atoms with Gasteiger partial charge < -0.3 is 5.11 Å². The molecule has 0 spiro atoms. The van der Waals surface area contributed by atoms with Gasteiger partial charge >= 0.3 is 0 Å². The van der Waals surface area contributed by atoms with E-state index in [0.29, 0.717) is 0 Å². The van der Waals surface area contributed by atoms with Crippen LogP contribution in [0.25, 0.3) is 0 Å². The zero-order valence-corrected chi connectivity index (χ0v) is 11.3. The highest BCUT2D eigenvalue weighted by molar-refractivity contribution is 9.10. The maximum Gasteiger partial charge on any atom is 0.0644 e. The lowest BCUT2D eigenvalue weighted by molar-refractivity contribution is -0.00706. The first-order chi connectivity index (χ1) is 7.05. The third kappa shape index (κ3) is 3.28. The van der Waals surface area contributed by atoms with E-state index in [1.807, 2.05) is 6.92 Å². The number of hydrogen-bond donors (Lipinski definition) is 1. The van der Waals surface area contributed by atoms with Crippen molar-refractivity contribution >= 4 is 27.3 Å². The summed E-state index contributed by atoms with van der Waals surface area (Å²) in [5.41, 5.74) is -0.438. The molecular formula is C11H16BrNOS. The zero-order valence-electron chi connectivity index (χ0n) is 8.87. The van der Waals surface area contributed by atoms with Gasteiger partial charge in [-0.1, -0.05) is 0 Å². The van der Waals surface area contributed by atoms with Gasteiger partial charge in [0.15, 0.2) is 0 Å². The minimum Gasteiger partial charge on any atom is -0.390 e. The van der Waals surface area contributed by atoms with E-state index >= 15 is 0 Å². The molecule has 15 heavy (non-hydrogen) atoms. The molecule has 0 atom stereocenters. The smallest absolute Gasteiger partial charge is 0.0644 e. The normalized spacial score (nSPS) is 21.8. The Bertz CT molecular complexity index is 327. The van der Waals surface area contributed by atoms with E-state index in [1.54, 1.807) is 11.3 Å². The number of halogens is 1. The fourth-order valence-corrected chi connectivity index (χ4v) is 3.34. The average Bonchev–Trinajstić information content (AvgIpc) is 2.55. The lowest BCUT2D eigenvalue weighted by Crippen LogP contribution is -2.41. The van der Waals surface area contributed by atoms with Crippen molar-refractivity contribution in [2.24, 2.45) is 0 Å². The second kappa shape index (κ2) is 4.53. The van der Waals surface area contributed by atoms with Crippen LogP contribution >= 0.6 is 27.3 Å². The summed E-state index contributed by atoms with van der Waals surface area (Å²) in [6.07, 6.45) is 1.78. The highest BCUT2D eigenvalue weighted by Crippen LogP contribution is 2.25. The molecule has 0 aliphatic carbocycles. The highest BCUT2D eigenvalue weighted by Gasteiger charge is 2.27. The van der Waals surface area contributed by atoms with Crippen molar-refractivity contribution in [3.05, 3.63) is 20.8 Å². The Morgan fingerprint density at radius 2 is 2.20 bits per heavy atom. The van der Waals surface area contributed by atoms with E-state index in [9.17, 15) is 5.11 Å². The van der Waals surface area contributed by atoms with Crippen LogP contribution < -0.4 is 0 Å². The molecular weight excluding hydrogens is 274 g/mol. The van der Waals surface area contributed by atoms with E-state index in [1.165, 1.54) is 9.35 Å². The van der Waals surface area contributed by atoms with Crippen molar-refractivity contribution in [2.75, 3.05) is 13.1 Å². The third-order valence-electron chi connectivity index (χ3n) is 2.93. The monoisotopic (exact) mass is 289 g/mol. The standard InChI is InChI=1S/C11H16BrNOS/c1-11(14)2-4-13(5-3-11)7-10-6-9(12)8-15-10/h6,8,14H,2-5,7H2,1H3. The first-order valence-corrected chi connectivity index (χ1v) is 6.90. The van der Waals surface area contributed by atoms with Gasteiger partial charge in [-0.25, -0.2) is 0 Å². The first kappa shape index (κ1) is 11.6. The van der Waals surface area contributed by atoms with Crippen LogP contribution in [0.2, 0.25) is 0 Å². The Kier molecular flexibility index (Phi) is 3.50. The molecule has 1 aromatic rings. The van der Waals surface area contributed by atoms with Gasteiger partial charge in [0, 0.05) is 34.4 Å². The Balaban J connectivity index is 1.87. The SMILES string of the molecule is CC1(O)CCN(Cc2cc(Br)cs2)CC1. The molecule has 0 saturated carbocycles. The summed E-state index contributed by atoms with van der Waals surface area (Å²) in [6, 6.07) is 2.18. The number of rotatable bonds is 2. The van der Waals surface area contributed by atoms with Crippen LogP contribution in [0.15, 0.2) is 15.9 Å². The number of aliphatic hydroxyl groups is 1. The van der Waals surface area contributed by atoms with Crippen LogP contribution in [0, 0.1) is 0 Å². The summed E-state index contributed by atoms with van der Waals surface area (Å²) in [6.45, 7) is 4.96. The topological polar surface area (TPSA) is 23.5 Å². The summed E-state index contributed by atoms with van der Waals surface area (Å²) < 4.78 is 1.17. The van der Waals surface area contributed by atoms with Crippen LogP contribution in [0.5, 0.6) is 0 Å². The molecule has 0 bridgehead atoms. The maximum absolute atomic E-state index is 9.83. The Morgan fingerprint density at radius 3 is 2.73 bits per heavy atom. The van der Waals surface area contributed by atoms with Crippen LogP contribution in [-0.2, 0) is 6.54 Å². The molecule has 1 N–H and O–H groups in total. The predicted molar refractivity (Wildman–Crippen MR) is 67.2 cm³/mol. The molecule has 1 aromatic heterocycles. The van der Waals surface area contributed by atoms with Crippen LogP contribution in [0.1, 0.15) is 24.6 Å². The Morgan fingerprint density at radius 1 is 1.53 bits per heavy atom. The van der Waals surface area contributed by atoms with Crippen molar-refractivity contribution in [3.63, 3.8) is 0 Å². The molecule has 2 nitrogen and oxygen atoms in total. The molecule has 0 radical (unpaired) electrons. The number of thiophene rings is 1. The highest BCUT2D eigenvalue weighted by atomic mass is 79.9. The summed E-state index contributed by atoms with van der Waals surface area (Å²) >= 11 is 5.26. The molecule has 0 aromatic carbocycles. The lowest BCUT2D eigenvalue weighted by Gasteiger charge is -2.35. The molecule has 84 valence electrons. The molecule has 1 saturated heterocycles. The molecule has 2 rings (SSSR count). The van der Waals surface area contributed by atoms with E-state index in [4.69, 9.17) is 0 Å². The number of piperidine rings is 1. The summed E-state index contributed by atoms with van der Waals surface area (Å²) in [5.74, 6) is 0. The quantitative estimate of drug-likeness (QED) is 0.905. The first-order valence-electron chi connectivity index (χ1n) is 5.23. The Hall–Kier alpha value is 0.1000. The average molecular weight is 290 g/mol. The predicted octanol–water partition coefficient (Wildman–Crippen LogP) is 2.86. The van der Waals surface area contributed by atoms with Crippen molar-refractivity contribution in [1.29, 1.82) is 0 Å². The van der Waals surface area contributed by atoms with Gasteiger partial charge in [-0.05, 0) is 41.8 Å². The van der Waals surface area contributed by atoms with Gasteiger partial charge in [0.05, 0.1) is 5.60 Å². The van der Waals surface area contributed by atoms with Gasteiger partial charge in [0.1, 0.15) is 0 Å². The molecule has 0 amide bonds. The van der Waals surface area contributed by atoms with Gasteiger partial charge in [-0.15, -0.1) is 11.3 Å². The number of hydrogen-bond acceptors (Lipinski definition) is 3. The van der Waals surface area contributed by atoms with Crippen LogP contribution in [0.4, 0.5) is 0 Å². The van der Waals surface area contributed by atoms with Crippen LogP contribution in [0.3, 0.4) is 0 Å². The second-order valence-corrected chi connectivity index (χ2v) is 6.42. The lowest BCUT2D eigenvalue weighted by atomic mass is 9.94. The molecule has 0 unspecified atom stereocenters. The fraction of sp³-hybridized carbons (Fsp3) is 0.636. The molecule has 1 aliphatic heterocycles. The van der Waals surface area contributed by atoms with E-state index in [2.05, 4.69) is 32.3 Å². The fourth-order valence-electron chi connectivity index (χ4n) is 1.85. The Labute approximate surface area is 103 Å². The third-order valence-corrected chi connectivity index (χ3v) is 4.62. The number of nitrogens with zero attached hydrogens (tertiary/aromatic N) is 1. The minimum absolute atomic E-state index is 0.438. The van der Waals surface area contributed by atoms with Gasteiger partial charge in [0.2, 0.25) is 0 Å². The van der Waals surface area contributed by atoms with E-state index < -0.39 is 5.60 Å². The van der Waals surface area contributed by atoms with Gasteiger partial charge in [0.25, 0.3) is 0 Å². The van der Waals surface area contributed by atoms with Crippen LogP contribution in [-0.4, -0.2) is 28.7 Å². The molecule has 2 heterocycles. The van der Waals surface area contributed by atoms with Crippen molar-refractivity contribution < 1.29 is 5.11 Å². The van der Waals surface area contributed by atoms with Gasteiger partial charge in [-0.3, -0.25) is 4.90 Å². The van der Waals surface area contributed by atoms with Crippen molar-refractivity contribution in [1.82, 2.24) is 4.90 Å². The summed E-state index contributed by atoms with van der Waals surface area (Å²) in [5, 5.41) is 12.0. The number of likely N-dealkylation sites (tertiary alicyclic amines) is 1. The largest absolute Gasteiger partial charge is 0.390 e. The molecule has 4 heteroatoms. The minimum atomic E-state index is -0.438.